The van der Waals surface area contributed by atoms with Gasteiger partial charge in [-0.2, -0.15) is 0 Å². The maximum atomic E-state index is 2.78. The average Bonchev–Trinajstić information content (AvgIpc) is 2.75. The molecule has 0 amide bonds. The SMILES string of the molecule is CC(CC1CCN(C(C)(C)C)C1)N1CCC2(CC2)C1. The van der Waals surface area contributed by atoms with E-state index in [4.69, 9.17) is 0 Å². The molecular formula is C17H32N2. The Morgan fingerprint density at radius 3 is 2.42 bits per heavy atom. The van der Waals surface area contributed by atoms with Gasteiger partial charge in [0.15, 0.2) is 0 Å². The third-order valence-electron chi connectivity index (χ3n) is 5.96. The zero-order valence-corrected chi connectivity index (χ0v) is 13.4. The Kier molecular flexibility index (Phi) is 3.46. The lowest BCUT2D eigenvalue weighted by Crippen LogP contribution is -2.40. The Bertz CT molecular complexity index is 327. The molecule has 1 aliphatic carbocycles. The fourth-order valence-electron chi connectivity index (χ4n) is 4.20. The molecule has 2 saturated heterocycles. The zero-order chi connectivity index (χ0) is 13.7. The summed E-state index contributed by atoms with van der Waals surface area (Å²) in [5.74, 6) is 0.935. The van der Waals surface area contributed by atoms with Crippen LogP contribution in [0.1, 0.15) is 59.8 Å². The Balaban J connectivity index is 1.47. The summed E-state index contributed by atoms with van der Waals surface area (Å²) in [4.78, 5) is 5.46. The summed E-state index contributed by atoms with van der Waals surface area (Å²) < 4.78 is 0. The molecule has 0 radical (unpaired) electrons. The molecule has 3 rings (SSSR count). The number of hydrogen-bond donors (Lipinski definition) is 0. The molecule has 2 unspecified atom stereocenters. The van der Waals surface area contributed by atoms with E-state index in [1.54, 1.807) is 0 Å². The van der Waals surface area contributed by atoms with Crippen molar-refractivity contribution in [3.05, 3.63) is 0 Å². The molecule has 2 heteroatoms. The highest BCUT2D eigenvalue weighted by atomic mass is 15.2. The van der Waals surface area contributed by atoms with Crippen molar-refractivity contribution in [2.24, 2.45) is 11.3 Å². The first-order valence-corrected chi connectivity index (χ1v) is 8.37. The van der Waals surface area contributed by atoms with Crippen molar-refractivity contribution >= 4 is 0 Å². The summed E-state index contributed by atoms with van der Waals surface area (Å²) in [6.07, 6.45) is 7.34. The van der Waals surface area contributed by atoms with Gasteiger partial charge in [0.25, 0.3) is 0 Å². The van der Waals surface area contributed by atoms with Crippen molar-refractivity contribution in [2.75, 3.05) is 26.2 Å². The molecule has 2 nitrogen and oxygen atoms in total. The van der Waals surface area contributed by atoms with E-state index in [9.17, 15) is 0 Å². The van der Waals surface area contributed by atoms with Gasteiger partial charge in [0.2, 0.25) is 0 Å². The number of hydrogen-bond acceptors (Lipinski definition) is 2. The molecule has 110 valence electrons. The number of nitrogens with zero attached hydrogens (tertiary/aromatic N) is 2. The van der Waals surface area contributed by atoms with Crippen LogP contribution < -0.4 is 0 Å². The normalized spacial score (nSPS) is 33.2. The molecule has 2 aliphatic heterocycles. The minimum Gasteiger partial charge on any atom is -0.300 e. The van der Waals surface area contributed by atoms with E-state index in [1.807, 2.05) is 0 Å². The van der Waals surface area contributed by atoms with Crippen molar-refractivity contribution in [2.45, 2.75) is 71.4 Å². The number of likely N-dealkylation sites (tertiary alicyclic amines) is 2. The first-order valence-electron chi connectivity index (χ1n) is 8.37. The topological polar surface area (TPSA) is 6.48 Å². The number of rotatable bonds is 3. The van der Waals surface area contributed by atoms with Crippen molar-refractivity contribution in [3.8, 4) is 0 Å². The maximum Gasteiger partial charge on any atom is 0.0125 e. The molecule has 0 bridgehead atoms. The van der Waals surface area contributed by atoms with Crippen LogP contribution >= 0.6 is 0 Å². The summed E-state index contributed by atoms with van der Waals surface area (Å²) >= 11 is 0. The van der Waals surface area contributed by atoms with Crippen LogP contribution in [0.3, 0.4) is 0 Å². The van der Waals surface area contributed by atoms with Gasteiger partial charge in [-0.25, -0.2) is 0 Å². The van der Waals surface area contributed by atoms with Gasteiger partial charge < -0.3 is 4.90 Å². The predicted molar refractivity (Wildman–Crippen MR) is 81.4 cm³/mol. The molecule has 0 aromatic heterocycles. The van der Waals surface area contributed by atoms with Crippen LogP contribution in [0.2, 0.25) is 0 Å². The standard InChI is InChI=1S/C17H32N2/c1-14(18-10-8-17(13-18)6-7-17)11-15-5-9-19(12-15)16(2,3)4/h14-15H,5-13H2,1-4H3. The van der Waals surface area contributed by atoms with E-state index in [2.05, 4.69) is 37.5 Å². The van der Waals surface area contributed by atoms with Gasteiger partial charge in [0, 0.05) is 24.7 Å². The first kappa shape index (κ1) is 13.9. The highest BCUT2D eigenvalue weighted by molar-refractivity contribution is 5.01. The third kappa shape index (κ3) is 3.00. The van der Waals surface area contributed by atoms with E-state index < -0.39 is 0 Å². The zero-order valence-electron chi connectivity index (χ0n) is 13.4. The molecular weight excluding hydrogens is 232 g/mol. The van der Waals surface area contributed by atoms with Crippen molar-refractivity contribution < 1.29 is 0 Å². The smallest absolute Gasteiger partial charge is 0.0125 e. The van der Waals surface area contributed by atoms with Crippen molar-refractivity contribution in [1.82, 2.24) is 9.80 Å². The summed E-state index contributed by atoms with van der Waals surface area (Å²) in [5, 5.41) is 0. The summed E-state index contributed by atoms with van der Waals surface area (Å²) in [6.45, 7) is 15.0. The average molecular weight is 264 g/mol. The molecule has 3 fully saturated rings. The summed E-state index contributed by atoms with van der Waals surface area (Å²) in [6, 6.07) is 0.810. The van der Waals surface area contributed by atoms with Gasteiger partial charge in [0.1, 0.15) is 0 Å². The quantitative estimate of drug-likeness (QED) is 0.771. The van der Waals surface area contributed by atoms with Crippen LogP contribution in [-0.2, 0) is 0 Å². The van der Waals surface area contributed by atoms with Gasteiger partial charge >= 0.3 is 0 Å². The fraction of sp³-hybridized carbons (Fsp3) is 1.00. The molecule has 2 heterocycles. The third-order valence-corrected chi connectivity index (χ3v) is 5.96. The van der Waals surface area contributed by atoms with E-state index in [0.29, 0.717) is 5.54 Å². The Morgan fingerprint density at radius 1 is 1.16 bits per heavy atom. The second kappa shape index (κ2) is 4.73. The largest absolute Gasteiger partial charge is 0.300 e. The molecule has 0 aromatic carbocycles. The second-order valence-corrected chi connectivity index (χ2v) is 8.58. The Morgan fingerprint density at radius 2 is 1.89 bits per heavy atom. The van der Waals surface area contributed by atoms with Crippen molar-refractivity contribution in [3.63, 3.8) is 0 Å². The highest BCUT2D eigenvalue weighted by Gasteiger charge is 2.48. The van der Waals surface area contributed by atoms with Crippen molar-refractivity contribution in [1.29, 1.82) is 0 Å². The van der Waals surface area contributed by atoms with Crippen LogP contribution in [0.5, 0.6) is 0 Å². The predicted octanol–water partition coefficient (Wildman–Crippen LogP) is 3.37. The molecule has 0 N–H and O–H groups in total. The summed E-state index contributed by atoms with van der Waals surface area (Å²) in [7, 11) is 0. The van der Waals surface area contributed by atoms with E-state index >= 15 is 0 Å². The maximum absolute atomic E-state index is 2.78. The second-order valence-electron chi connectivity index (χ2n) is 8.58. The van der Waals surface area contributed by atoms with Crippen LogP contribution in [-0.4, -0.2) is 47.6 Å². The van der Waals surface area contributed by atoms with Gasteiger partial charge in [0.05, 0.1) is 0 Å². The van der Waals surface area contributed by atoms with E-state index in [1.165, 1.54) is 58.3 Å². The molecule has 1 saturated carbocycles. The molecule has 0 aromatic rings. The lowest BCUT2D eigenvalue weighted by atomic mass is 9.99. The first-order chi connectivity index (χ1) is 8.88. The van der Waals surface area contributed by atoms with Gasteiger partial charge in [-0.3, -0.25) is 4.90 Å². The monoisotopic (exact) mass is 264 g/mol. The summed E-state index contributed by atoms with van der Waals surface area (Å²) in [5.41, 5.74) is 1.16. The Hall–Kier alpha value is -0.0800. The Labute approximate surface area is 119 Å². The van der Waals surface area contributed by atoms with E-state index in [0.717, 1.165) is 17.4 Å². The minimum absolute atomic E-state index is 0.365. The van der Waals surface area contributed by atoms with Crippen LogP contribution in [0.4, 0.5) is 0 Å². The lowest BCUT2D eigenvalue weighted by molar-refractivity contribution is 0.158. The minimum atomic E-state index is 0.365. The van der Waals surface area contributed by atoms with Gasteiger partial charge in [-0.1, -0.05) is 0 Å². The molecule has 19 heavy (non-hydrogen) atoms. The van der Waals surface area contributed by atoms with Crippen LogP contribution in [0.25, 0.3) is 0 Å². The van der Waals surface area contributed by atoms with E-state index in [-0.39, 0.29) is 0 Å². The molecule has 3 aliphatic rings. The fourth-order valence-corrected chi connectivity index (χ4v) is 4.20. The molecule has 2 atom stereocenters. The van der Waals surface area contributed by atoms with Gasteiger partial charge in [-0.15, -0.1) is 0 Å². The van der Waals surface area contributed by atoms with Crippen LogP contribution in [0, 0.1) is 11.3 Å². The lowest BCUT2D eigenvalue weighted by Gasteiger charge is -2.32. The highest BCUT2D eigenvalue weighted by Crippen LogP contribution is 2.53. The van der Waals surface area contributed by atoms with Crippen LogP contribution in [0.15, 0.2) is 0 Å². The molecule has 1 spiro atoms. The van der Waals surface area contributed by atoms with Gasteiger partial charge in [-0.05, 0) is 84.2 Å².